The van der Waals surface area contributed by atoms with Crippen molar-refractivity contribution in [3.8, 4) is 0 Å². The lowest BCUT2D eigenvalue weighted by Gasteiger charge is -2.11. The van der Waals surface area contributed by atoms with Crippen LogP contribution in [0.2, 0.25) is 0 Å². The summed E-state index contributed by atoms with van der Waals surface area (Å²) >= 11 is 1.70. The van der Waals surface area contributed by atoms with Crippen LogP contribution >= 0.6 is 11.3 Å². The van der Waals surface area contributed by atoms with Gasteiger partial charge in [0.05, 0.1) is 17.2 Å². The average Bonchev–Trinajstić information content (AvgIpc) is 3.28. The van der Waals surface area contributed by atoms with E-state index in [1.165, 1.54) is 5.56 Å². The summed E-state index contributed by atoms with van der Waals surface area (Å²) in [6.07, 6.45) is 2.76. The van der Waals surface area contributed by atoms with Crippen molar-refractivity contribution in [3.63, 3.8) is 0 Å². The quantitative estimate of drug-likeness (QED) is 0.356. The molecule has 0 unspecified atom stereocenters. The predicted molar refractivity (Wildman–Crippen MR) is 128 cm³/mol. The van der Waals surface area contributed by atoms with E-state index in [1.54, 1.807) is 25.4 Å². The number of amides is 1. The van der Waals surface area contributed by atoms with Crippen LogP contribution < -0.4 is 16.0 Å². The molecule has 0 spiro atoms. The van der Waals surface area contributed by atoms with E-state index in [-0.39, 0.29) is 5.91 Å². The highest BCUT2D eigenvalue weighted by molar-refractivity contribution is 7.09. The molecular weight excluding hydrogens is 406 g/mol. The van der Waals surface area contributed by atoms with E-state index in [9.17, 15) is 4.79 Å². The molecule has 0 radical (unpaired) electrons. The first-order chi connectivity index (χ1) is 15.2. The first kappa shape index (κ1) is 22.5. The summed E-state index contributed by atoms with van der Waals surface area (Å²) in [4.78, 5) is 20.8. The molecule has 2 aromatic carbocycles. The van der Waals surface area contributed by atoms with Crippen LogP contribution in [0.15, 0.2) is 65.0 Å². The maximum Gasteiger partial charge on any atom is 0.251 e. The molecule has 0 bridgehead atoms. The van der Waals surface area contributed by atoms with Crippen molar-refractivity contribution in [1.82, 2.24) is 20.9 Å². The zero-order chi connectivity index (χ0) is 21.9. The van der Waals surface area contributed by atoms with Crippen LogP contribution in [0.4, 0.5) is 0 Å². The first-order valence-corrected chi connectivity index (χ1v) is 11.3. The second kappa shape index (κ2) is 11.9. The number of carbonyl (C=O) groups is 1. The molecule has 162 valence electrons. The van der Waals surface area contributed by atoms with Gasteiger partial charge in [0.15, 0.2) is 5.96 Å². The normalized spacial score (nSPS) is 11.2. The number of hydrogen-bond acceptors (Lipinski definition) is 4. The number of hydrogen-bond donors (Lipinski definition) is 3. The van der Waals surface area contributed by atoms with Gasteiger partial charge in [0.2, 0.25) is 0 Å². The lowest BCUT2D eigenvalue weighted by molar-refractivity contribution is 0.0963. The molecule has 0 atom stereocenters. The van der Waals surface area contributed by atoms with Gasteiger partial charge in [0.25, 0.3) is 5.91 Å². The van der Waals surface area contributed by atoms with Crippen molar-refractivity contribution >= 4 is 23.2 Å². The Balaban J connectivity index is 1.42. The molecule has 3 N–H and O–H groups in total. The summed E-state index contributed by atoms with van der Waals surface area (Å²) in [6, 6.07) is 18.2. The van der Waals surface area contributed by atoms with Crippen molar-refractivity contribution in [3.05, 3.63) is 87.4 Å². The van der Waals surface area contributed by atoms with Crippen molar-refractivity contribution < 1.29 is 4.79 Å². The van der Waals surface area contributed by atoms with E-state index in [4.69, 9.17) is 4.98 Å². The van der Waals surface area contributed by atoms with Crippen molar-refractivity contribution in [1.29, 1.82) is 0 Å². The molecule has 0 aliphatic carbocycles. The molecule has 0 fully saturated rings. The zero-order valence-corrected chi connectivity index (χ0v) is 18.8. The zero-order valence-electron chi connectivity index (χ0n) is 18.0. The van der Waals surface area contributed by atoms with E-state index < -0.39 is 0 Å². The van der Waals surface area contributed by atoms with Crippen molar-refractivity contribution in [2.75, 3.05) is 20.6 Å². The Labute approximate surface area is 187 Å². The maximum atomic E-state index is 11.8. The van der Waals surface area contributed by atoms with E-state index >= 15 is 0 Å². The Morgan fingerprint density at radius 1 is 1.00 bits per heavy atom. The molecule has 0 saturated carbocycles. The largest absolute Gasteiger partial charge is 0.356 e. The summed E-state index contributed by atoms with van der Waals surface area (Å²) in [5.41, 5.74) is 4.14. The molecule has 0 aliphatic rings. The van der Waals surface area contributed by atoms with Crippen molar-refractivity contribution in [2.45, 2.75) is 25.8 Å². The van der Waals surface area contributed by atoms with Gasteiger partial charge in [-0.3, -0.25) is 9.79 Å². The highest BCUT2D eigenvalue weighted by atomic mass is 32.1. The van der Waals surface area contributed by atoms with Gasteiger partial charge in [-0.2, -0.15) is 0 Å². The van der Waals surface area contributed by atoms with Crippen LogP contribution in [0.25, 0.3) is 0 Å². The van der Waals surface area contributed by atoms with Gasteiger partial charge in [-0.15, -0.1) is 11.3 Å². The monoisotopic (exact) mass is 435 g/mol. The maximum absolute atomic E-state index is 11.8. The summed E-state index contributed by atoms with van der Waals surface area (Å²) < 4.78 is 0. The third-order valence-corrected chi connectivity index (χ3v) is 5.81. The average molecular weight is 436 g/mol. The fourth-order valence-electron chi connectivity index (χ4n) is 3.17. The molecule has 1 heterocycles. The van der Waals surface area contributed by atoms with Crippen LogP contribution in [0.5, 0.6) is 0 Å². The minimum absolute atomic E-state index is 0.0707. The van der Waals surface area contributed by atoms with Crippen LogP contribution in [-0.4, -0.2) is 37.5 Å². The van der Waals surface area contributed by atoms with E-state index in [0.29, 0.717) is 12.1 Å². The van der Waals surface area contributed by atoms with Gasteiger partial charge in [0, 0.05) is 38.0 Å². The minimum Gasteiger partial charge on any atom is -0.356 e. The van der Waals surface area contributed by atoms with Gasteiger partial charge in [0.1, 0.15) is 0 Å². The number of guanidine groups is 1. The lowest BCUT2D eigenvalue weighted by atomic mass is 10.1. The van der Waals surface area contributed by atoms with Crippen LogP contribution in [-0.2, 0) is 25.8 Å². The number of nitrogens with zero attached hydrogens (tertiary/aromatic N) is 2. The summed E-state index contributed by atoms with van der Waals surface area (Å²) in [5.74, 6) is 0.667. The standard InChI is InChI=1S/C24H29N5OS/c1-25-23(30)20-10-6-9-19(15-20)13-14-27-24(26-2)28-16-21-17-31-22(29-21)12-11-18-7-4-3-5-8-18/h3-10,15,17H,11-14,16H2,1-2H3,(H,25,30)(H2,26,27,28). The van der Waals surface area contributed by atoms with Crippen molar-refractivity contribution in [2.24, 2.45) is 4.99 Å². The minimum atomic E-state index is -0.0707. The molecule has 1 amide bonds. The van der Waals surface area contributed by atoms with Gasteiger partial charge in [-0.25, -0.2) is 4.98 Å². The van der Waals surface area contributed by atoms with Gasteiger partial charge >= 0.3 is 0 Å². The fraction of sp³-hybridized carbons (Fsp3) is 0.292. The highest BCUT2D eigenvalue weighted by Crippen LogP contribution is 2.13. The van der Waals surface area contributed by atoms with Gasteiger partial charge in [-0.05, 0) is 36.1 Å². The fourth-order valence-corrected chi connectivity index (χ4v) is 3.97. The molecule has 0 aliphatic heterocycles. The molecule has 31 heavy (non-hydrogen) atoms. The Hall–Kier alpha value is -3.19. The molecule has 3 rings (SSSR count). The van der Waals surface area contributed by atoms with Gasteiger partial charge < -0.3 is 16.0 Å². The third-order valence-electron chi connectivity index (χ3n) is 4.85. The number of carbonyl (C=O) groups excluding carboxylic acids is 1. The summed E-state index contributed by atoms with van der Waals surface area (Å²) in [5, 5.41) is 12.5. The van der Waals surface area contributed by atoms with Crippen LogP contribution in [0, 0.1) is 0 Å². The Kier molecular flexibility index (Phi) is 8.60. The Morgan fingerprint density at radius 3 is 2.58 bits per heavy atom. The van der Waals surface area contributed by atoms with Crippen LogP contribution in [0.1, 0.15) is 32.2 Å². The van der Waals surface area contributed by atoms with E-state index in [0.717, 1.165) is 48.0 Å². The summed E-state index contributed by atoms with van der Waals surface area (Å²) in [6.45, 7) is 1.35. The number of benzene rings is 2. The van der Waals surface area contributed by atoms with Crippen LogP contribution in [0.3, 0.4) is 0 Å². The molecule has 6 nitrogen and oxygen atoms in total. The smallest absolute Gasteiger partial charge is 0.251 e. The number of aromatic nitrogens is 1. The Morgan fingerprint density at radius 2 is 1.81 bits per heavy atom. The molecule has 1 aromatic heterocycles. The number of thiazole rings is 1. The molecule has 0 saturated heterocycles. The second-order valence-corrected chi connectivity index (χ2v) is 8.04. The Bertz CT molecular complexity index is 1000. The predicted octanol–water partition coefficient (Wildman–Crippen LogP) is 3.20. The van der Waals surface area contributed by atoms with Gasteiger partial charge in [-0.1, -0.05) is 42.5 Å². The van der Waals surface area contributed by atoms with E-state index in [2.05, 4.69) is 50.6 Å². The number of aryl methyl sites for hydroxylation is 2. The second-order valence-electron chi connectivity index (χ2n) is 7.10. The number of nitrogens with one attached hydrogen (secondary N) is 3. The topological polar surface area (TPSA) is 78.4 Å². The third kappa shape index (κ3) is 7.22. The molecule has 3 aromatic rings. The number of rotatable bonds is 9. The first-order valence-electron chi connectivity index (χ1n) is 10.4. The molecular formula is C24H29N5OS. The van der Waals surface area contributed by atoms with E-state index in [1.807, 2.05) is 30.3 Å². The molecule has 7 heteroatoms. The summed E-state index contributed by atoms with van der Waals surface area (Å²) in [7, 11) is 3.40. The number of aliphatic imine (C=N–C) groups is 1. The SMILES string of the molecule is CN=C(NCCc1cccc(C(=O)NC)c1)NCc1csc(CCc2ccccc2)n1. The highest BCUT2D eigenvalue weighted by Gasteiger charge is 2.06. The lowest BCUT2D eigenvalue weighted by Crippen LogP contribution is -2.37.